The number of hydrogen-bond acceptors (Lipinski definition) is 2. The lowest BCUT2D eigenvalue weighted by atomic mass is 9.85. The molecule has 0 bridgehead atoms. The third-order valence-electron chi connectivity index (χ3n) is 4.37. The van der Waals surface area contributed by atoms with Crippen LogP contribution in [0.3, 0.4) is 0 Å². The molecule has 2 heteroatoms. The van der Waals surface area contributed by atoms with Crippen LogP contribution in [0.15, 0.2) is 35.9 Å². The molecular weight excluding hydrogens is 234 g/mol. The van der Waals surface area contributed by atoms with Crippen LogP contribution in [0.2, 0.25) is 0 Å². The van der Waals surface area contributed by atoms with Gasteiger partial charge >= 0.3 is 0 Å². The van der Waals surface area contributed by atoms with Crippen molar-refractivity contribution in [2.75, 3.05) is 13.7 Å². The topological polar surface area (TPSA) is 21.3 Å². The van der Waals surface area contributed by atoms with Crippen molar-refractivity contribution in [3.8, 4) is 0 Å². The summed E-state index contributed by atoms with van der Waals surface area (Å²) in [4.78, 5) is 0. The summed E-state index contributed by atoms with van der Waals surface area (Å²) in [6.45, 7) is 0.840. The Kier molecular flexibility index (Phi) is 4.00. The smallest absolute Gasteiger partial charge is 0.102 e. The maximum absolute atomic E-state index is 6.11. The van der Waals surface area contributed by atoms with Gasteiger partial charge in [-0.1, -0.05) is 35.9 Å². The molecule has 1 aliphatic carbocycles. The fourth-order valence-corrected chi connectivity index (χ4v) is 3.38. The first kappa shape index (κ1) is 12.9. The molecule has 0 fully saturated rings. The van der Waals surface area contributed by atoms with E-state index in [9.17, 15) is 0 Å². The quantitative estimate of drug-likeness (QED) is 0.838. The summed E-state index contributed by atoms with van der Waals surface area (Å²) in [5.41, 5.74) is 4.37. The Labute approximate surface area is 115 Å². The van der Waals surface area contributed by atoms with Crippen LogP contribution >= 0.6 is 0 Å². The van der Waals surface area contributed by atoms with E-state index in [-0.39, 0.29) is 6.10 Å². The van der Waals surface area contributed by atoms with Crippen molar-refractivity contribution in [2.45, 2.75) is 44.2 Å². The number of nitrogens with one attached hydrogen (secondary N) is 1. The average molecular weight is 257 g/mol. The summed E-state index contributed by atoms with van der Waals surface area (Å²) in [6.07, 6.45) is 8.74. The highest BCUT2D eigenvalue weighted by molar-refractivity contribution is 5.34. The summed E-state index contributed by atoms with van der Waals surface area (Å²) in [5, 5.41) is 3.49. The minimum absolute atomic E-state index is 0.180. The standard InChI is InChI=1S/C17H23NO/c1-18-16(14-8-3-2-4-9-14)17-15-10-6-5-7-13(15)11-12-19-17/h5-8,10,16-18H,2-4,9,11-12H2,1H3. The van der Waals surface area contributed by atoms with Crippen LogP contribution in [0.5, 0.6) is 0 Å². The van der Waals surface area contributed by atoms with Crippen molar-refractivity contribution in [3.63, 3.8) is 0 Å². The van der Waals surface area contributed by atoms with Crippen LogP contribution < -0.4 is 5.32 Å². The van der Waals surface area contributed by atoms with Gasteiger partial charge < -0.3 is 10.1 Å². The van der Waals surface area contributed by atoms with E-state index in [1.807, 2.05) is 0 Å². The van der Waals surface area contributed by atoms with Gasteiger partial charge in [-0.15, -0.1) is 0 Å². The highest BCUT2D eigenvalue weighted by Gasteiger charge is 2.30. The van der Waals surface area contributed by atoms with Gasteiger partial charge in [-0.3, -0.25) is 0 Å². The fraction of sp³-hybridized carbons (Fsp3) is 0.529. The van der Waals surface area contributed by atoms with Gasteiger partial charge in [0.05, 0.1) is 12.6 Å². The molecule has 1 heterocycles. The summed E-state index contributed by atoms with van der Waals surface area (Å²) < 4.78 is 6.11. The molecule has 0 saturated carbocycles. The molecule has 2 aliphatic rings. The van der Waals surface area contributed by atoms with Gasteiger partial charge in [0.1, 0.15) is 6.10 Å². The maximum Gasteiger partial charge on any atom is 0.102 e. The SMILES string of the molecule is CNC(C1=CCCCC1)C1OCCc2ccccc21. The van der Waals surface area contributed by atoms with Crippen molar-refractivity contribution in [1.29, 1.82) is 0 Å². The van der Waals surface area contributed by atoms with E-state index < -0.39 is 0 Å². The van der Waals surface area contributed by atoms with Crippen molar-refractivity contribution >= 4 is 0 Å². The van der Waals surface area contributed by atoms with Gasteiger partial charge in [-0.25, -0.2) is 0 Å². The van der Waals surface area contributed by atoms with Crippen molar-refractivity contribution in [3.05, 3.63) is 47.0 Å². The van der Waals surface area contributed by atoms with E-state index in [1.165, 1.54) is 42.4 Å². The Hall–Kier alpha value is -1.12. The summed E-state index contributed by atoms with van der Waals surface area (Å²) >= 11 is 0. The molecule has 0 radical (unpaired) electrons. The molecule has 0 saturated heterocycles. The molecule has 1 N–H and O–H groups in total. The zero-order valence-corrected chi connectivity index (χ0v) is 11.7. The summed E-state index contributed by atoms with van der Waals surface area (Å²) in [7, 11) is 2.06. The van der Waals surface area contributed by atoms with Gasteiger partial charge in [0.2, 0.25) is 0 Å². The lowest BCUT2D eigenvalue weighted by Gasteiger charge is -2.34. The molecule has 2 unspecified atom stereocenters. The minimum Gasteiger partial charge on any atom is -0.371 e. The molecular formula is C17H23NO. The van der Waals surface area contributed by atoms with E-state index >= 15 is 0 Å². The number of rotatable bonds is 3. The summed E-state index contributed by atoms with van der Waals surface area (Å²) in [6, 6.07) is 9.07. The molecule has 0 amide bonds. The molecule has 1 aromatic carbocycles. The molecule has 2 atom stereocenters. The monoisotopic (exact) mass is 257 g/mol. The maximum atomic E-state index is 6.11. The second-order valence-electron chi connectivity index (χ2n) is 5.53. The lowest BCUT2D eigenvalue weighted by Crippen LogP contribution is -2.38. The fourth-order valence-electron chi connectivity index (χ4n) is 3.38. The molecule has 1 aliphatic heterocycles. The zero-order valence-electron chi connectivity index (χ0n) is 11.7. The molecule has 0 aromatic heterocycles. The molecule has 19 heavy (non-hydrogen) atoms. The number of allylic oxidation sites excluding steroid dienone is 1. The highest BCUT2D eigenvalue weighted by Crippen LogP contribution is 2.34. The van der Waals surface area contributed by atoms with Gasteiger partial charge in [-0.2, -0.15) is 0 Å². The Balaban J connectivity index is 1.90. The van der Waals surface area contributed by atoms with Gasteiger partial charge in [-0.05, 0) is 50.3 Å². The Morgan fingerprint density at radius 3 is 2.89 bits per heavy atom. The van der Waals surface area contributed by atoms with Crippen LogP contribution in [0.25, 0.3) is 0 Å². The Morgan fingerprint density at radius 1 is 1.21 bits per heavy atom. The summed E-state index contributed by atoms with van der Waals surface area (Å²) in [5.74, 6) is 0. The van der Waals surface area contributed by atoms with E-state index in [4.69, 9.17) is 4.74 Å². The second kappa shape index (κ2) is 5.89. The Bertz CT molecular complexity index is 466. The average Bonchev–Trinajstić information content (AvgIpc) is 2.49. The molecule has 102 valence electrons. The zero-order chi connectivity index (χ0) is 13.1. The first-order chi connectivity index (χ1) is 9.40. The molecule has 3 rings (SSSR count). The molecule has 1 aromatic rings. The van der Waals surface area contributed by atoms with Crippen LogP contribution in [0, 0.1) is 0 Å². The van der Waals surface area contributed by atoms with E-state index in [1.54, 1.807) is 0 Å². The number of benzene rings is 1. The minimum atomic E-state index is 0.180. The first-order valence-electron chi connectivity index (χ1n) is 7.46. The van der Waals surface area contributed by atoms with Crippen LogP contribution in [-0.4, -0.2) is 19.7 Å². The van der Waals surface area contributed by atoms with E-state index in [0.29, 0.717) is 6.04 Å². The number of hydrogen-bond donors (Lipinski definition) is 1. The third-order valence-corrected chi connectivity index (χ3v) is 4.37. The van der Waals surface area contributed by atoms with Gasteiger partial charge in [0, 0.05) is 0 Å². The number of fused-ring (bicyclic) bond motifs is 1. The van der Waals surface area contributed by atoms with Crippen molar-refractivity contribution < 1.29 is 4.74 Å². The Morgan fingerprint density at radius 2 is 2.11 bits per heavy atom. The predicted octanol–water partition coefficient (Wildman–Crippen LogP) is 3.39. The van der Waals surface area contributed by atoms with E-state index in [2.05, 4.69) is 42.7 Å². The number of likely N-dealkylation sites (N-methyl/N-ethyl adjacent to an activating group) is 1. The normalized spacial score (nSPS) is 24.5. The molecule has 2 nitrogen and oxygen atoms in total. The van der Waals surface area contributed by atoms with Gasteiger partial charge in [0.15, 0.2) is 0 Å². The third kappa shape index (κ3) is 2.60. The van der Waals surface area contributed by atoms with Crippen LogP contribution in [-0.2, 0) is 11.2 Å². The largest absolute Gasteiger partial charge is 0.371 e. The second-order valence-corrected chi connectivity index (χ2v) is 5.53. The van der Waals surface area contributed by atoms with Crippen molar-refractivity contribution in [2.24, 2.45) is 0 Å². The number of ether oxygens (including phenoxy) is 1. The van der Waals surface area contributed by atoms with E-state index in [0.717, 1.165) is 13.0 Å². The highest BCUT2D eigenvalue weighted by atomic mass is 16.5. The van der Waals surface area contributed by atoms with Gasteiger partial charge in [0.25, 0.3) is 0 Å². The first-order valence-corrected chi connectivity index (χ1v) is 7.46. The van der Waals surface area contributed by atoms with Crippen molar-refractivity contribution in [1.82, 2.24) is 5.32 Å². The predicted molar refractivity (Wildman–Crippen MR) is 78.2 cm³/mol. The lowest BCUT2D eigenvalue weighted by molar-refractivity contribution is 0.0244. The molecule has 0 spiro atoms. The van der Waals surface area contributed by atoms with Crippen LogP contribution in [0.1, 0.15) is 42.9 Å². The van der Waals surface area contributed by atoms with Crippen LogP contribution in [0.4, 0.5) is 0 Å².